The van der Waals surface area contributed by atoms with E-state index in [1.54, 1.807) is 30.3 Å². The maximum Gasteiger partial charge on any atom is 0.259 e. The van der Waals surface area contributed by atoms with Gasteiger partial charge in [-0.1, -0.05) is 27.5 Å². The molecule has 0 saturated heterocycles. The standard InChI is InChI=1S/C14H7Br2ClN2O2/c15-6-3-9(12(20)10(16)4-6)13-18-11-2-1-7(17)5-8(11)14(21)19-13/h1-5,20H,(H,18,19,21). The van der Waals surface area contributed by atoms with E-state index in [2.05, 4.69) is 41.8 Å². The molecule has 0 atom stereocenters. The number of aromatic nitrogens is 2. The molecule has 0 saturated carbocycles. The fraction of sp³-hybridized carbons (Fsp3) is 0. The van der Waals surface area contributed by atoms with E-state index >= 15 is 0 Å². The van der Waals surface area contributed by atoms with Gasteiger partial charge in [-0.15, -0.1) is 0 Å². The van der Waals surface area contributed by atoms with Crippen LogP contribution in [0.15, 0.2) is 44.1 Å². The lowest BCUT2D eigenvalue weighted by Gasteiger charge is -2.08. The molecule has 0 aliphatic carbocycles. The maximum atomic E-state index is 12.1. The molecule has 7 heteroatoms. The molecule has 2 aromatic carbocycles. The fourth-order valence-corrected chi connectivity index (χ4v) is 3.38. The summed E-state index contributed by atoms with van der Waals surface area (Å²) in [6, 6.07) is 8.28. The second-order valence-corrected chi connectivity index (χ2v) is 6.57. The minimum absolute atomic E-state index is 0.00895. The number of hydrogen-bond donors (Lipinski definition) is 2. The van der Waals surface area contributed by atoms with Crippen molar-refractivity contribution >= 4 is 54.4 Å². The largest absolute Gasteiger partial charge is 0.506 e. The number of hydrogen-bond acceptors (Lipinski definition) is 3. The number of phenols is 1. The predicted molar refractivity (Wildman–Crippen MR) is 89.9 cm³/mol. The molecule has 0 amide bonds. The first kappa shape index (κ1) is 14.6. The van der Waals surface area contributed by atoms with Gasteiger partial charge in [0.25, 0.3) is 5.56 Å². The molecular formula is C14H7Br2ClN2O2. The second kappa shape index (κ2) is 5.44. The smallest absolute Gasteiger partial charge is 0.259 e. The number of nitrogens with zero attached hydrogens (tertiary/aromatic N) is 1. The van der Waals surface area contributed by atoms with Gasteiger partial charge in [-0.2, -0.15) is 0 Å². The normalized spacial score (nSPS) is 11.0. The average Bonchev–Trinajstić information content (AvgIpc) is 2.43. The van der Waals surface area contributed by atoms with E-state index in [4.69, 9.17) is 11.6 Å². The first-order chi connectivity index (χ1) is 9.95. The van der Waals surface area contributed by atoms with Gasteiger partial charge in [0.15, 0.2) is 0 Å². The quantitative estimate of drug-likeness (QED) is 0.599. The number of halogens is 3. The van der Waals surface area contributed by atoms with Crippen molar-refractivity contribution in [1.82, 2.24) is 9.97 Å². The van der Waals surface area contributed by atoms with Crippen LogP contribution in [0.1, 0.15) is 0 Å². The Morgan fingerprint density at radius 1 is 1.19 bits per heavy atom. The summed E-state index contributed by atoms with van der Waals surface area (Å²) in [5, 5.41) is 11.0. The number of nitrogens with one attached hydrogen (secondary N) is 1. The van der Waals surface area contributed by atoms with E-state index in [0.717, 1.165) is 4.47 Å². The summed E-state index contributed by atoms with van der Waals surface area (Å²) in [4.78, 5) is 19.2. The van der Waals surface area contributed by atoms with Crippen LogP contribution >= 0.6 is 43.5 Å². The van der Waals surface area contributed by atoms with Gasteiger partial charge in [0.2, 0.25) is 0 Å². The van der Waals surface area contributed by atoms with Crippen LogP contribution in [0.25, 0.3) is 22.3 Å². The van der Waals surface area contributed by atoms with Crippen molar-refractivity contribution in [3.8, 4) is 17.1 Å². The number of rotatable bonds is 1. The Morgan fingerprint density at radius 2 is 1.95 bits per heavy atom. The monoisotopic (exact) mass is 428 g/mol. The Kier molecular flexibility index (Phi) is 3.77. The van der Waals surface area contributed by atoms with Crippen LogP contribution < -0.4 is 5.56 Å². The first-order valence-electron chi connectivity index (χ1n) is 5.83. The molecule has 21 heavy (non-hydrogen) atoms. The van der Waals surface area contributed by atoms with E-state index in [1.165, 1.54) is 0 Å². The molecule has 0 spiro atoms. The lowest BCUT2D eigenvalue weighted by atomic mass is 10.1. The summed E-state index contributed by atoms with van der Waals surface area (Å²) in [5.74, 6) is 0.295. The predicted octanol–water partition coefficient (Wildman–Crippen LogP) is 4.47. The molecule has 1 aromatic heterocycles. The summed E-state index contributed by atoms with van der Waals surface area (Å²) in [6.07, 6.45) is 0. The zero-order valence-corrected chi connectivity index (χ0v) is 14.3. The molecule has 1 heterocycles. The fourth-order valence-electron chi connectivity index (χ4n) is 1.98. The highest BCUT2D eigenvalue weighted by molar-refractivity contribution is 9.11. The van der Waals surface area contributed by atoms with Gasteiger partial charge in [0, 0.05) is 9.50 Å². The van der Waals surface area contributed by atoms with Gasteiger partial charge >= 0.3 is 0 Å². The van der Waals surface area contributed by atoms with Gasteiger partial charge in [0.1, 0.15) is 11.6 Å². The molecule has 0 fully saturated rings. The number of aromatic hydroxyl groups is 1. The molecule has 0 aliphatic rings. The lowest BCUT2D eigenvalue weighted by Crippen LogP contribution is -2.09. The number of fused-ring (bicyclic) bond motifs is 1. The minimum Gasteiger partial charge on any atom is -0.506 e. The molecule has 106 valence electrons. The Labute approximate surface area is 141 Å². The SMILES string of the molecule is O=c1[nH]c(-c2cc(Br)cc(Br)c2O)nc2ccc(Cl)cc12. The highest BCUT2D eigenvalue weighted by Gasteiger charge is 2.13. The Hall–Kier alpha value is -1.37. The Morgan fingerprint density at radius 3 is 2.71 bits per heavy atom. The van der Waals surface area contributed by atoms with Crippen LogP contribution in [0.3, 0.4) is 0 Å². The number of H-pyrrole nitrogens is 1. The topological polar surface area (TPSA) is 66.0 Å². The van der Waals surface area contributed by atoms with Crippen molar-refractivity contribution < 1.29 is 5.11 Å². The molecule has 2 N–H and O–H groups in total. The van der Waals surface area contributed by atoms with Crippen LogP contribution in [0.4, 0.5) is 0 Å². The third-order valence-electron chi connectivity index (χ3n) is 2.95. The van der Waals surface area contributed by atoms with Gasteiger partial charge in [-0.3, -0.25) is 4.79 Å². The van der Waals surface area contributed by atoms with Crippen molar-refractivity contribution in [1.29, 1.82) is 0 Å². The number of phenolic OH excluding ortho intramolecular Hbond substituents is 1. The van der Waals surface area contributed by atoms with E-state index < -0.39 is 0 Å². The summed E-state index contributed by atoms with van der Waals surface area (Å²) >= 11 is 12.5. The summed E-state index contributed by atoms with van der Waals surface area (Å²) in [5.41, 5.74) is 0.617. The van der Waals surface area contributed by atoms with Crippen molar-refractivity contribution in [3.63, 3.8) is 0 Å². The van der Waals surface area contributed by atoms with E-state index in [0.29, 0.717) is 26.0 Å². The summed E-state index contributed by atoms with van der Waals surface area (Å²) in [7, 11) is 0. The maximum absolute atomic E-state index is 12.1. The minimum atomic E-state index is -0.312. The molecule has 0 bridgehead atoms. The van der Waals surface area contributed by atoms with Crippen molar-refractivity contribution in [2.45, 2.75) is 0 Å². The lowest BCUT2D eigenvalue weighted by molar-refractivity contribution is 0.473. The highest BCUT2D eigenvalue weighted by Crippen LogP contribution is 2.36. The number of aromatic amines is 1. The molecule has 3 aromatic rings. The van der Waals surface area contributed by atoms with Crippen LogP contribution in [0.5, 0.6) is 5.75 Å². The van der Waals surface area contributed by atoms with E-state index in [9.17, 15) is 9.90 Å². The van der Waals surface area contributed by atoms with E-state index in [1.807, 2.05) is 0 Å². The second-order valence-electron chi connectivity index (χ2n) is 4.36. The van der Waals surface area contributed by atoms with Crippen molar-refractivity contribution in [3.05, 3.63) is 54.7 Å². The Balaban J connectivity index is 2.32. The molecule has 4 nitrogen and oxygen atoms in total. The van der Waals surface area contributed by atoms with Crippen LogP contribution in [-0.4, -0.2) is 15.1 Å². The zero-order chi connectivity index (χ0) is 15.1. The highest BCUT2D eigenvalue weighted by atomic mass is 79.9. The van der Waals surface area contributed by atoms with Crippen LogP contribution in [0, 0.1) is 0 Å². The van der Waals surface area contributed by atoms with Gasteiger partial charge in [-0.25, -0.2) is 4.98 Å². The number of benzene rings is 2. The molecular weight excluding hydrogens is 423 g/mol. The van der Waals surface area contributed by atoms with Gasteiger partial charge in [-0.05, 0) is 46.3 Å². The van der Waals surface area contributed by atoms with E-state index in [-0.39, 0.29) is 17.1 Å². The summed E-state index contributed by atoms with van der Waals surface area (Å²) in [6.45, 7) is 0. The van der Waals surface area contributed by atoms with Crippen molar-refractivity contribution in [2.75, 3.05) is 0 Å². The van der Waals surface area contributed by atoms with Gasteiger partial charge in [0.05, 0.1) is 20.9 Å². The summed E-state index contributed by atoms with van der Waals surface area (Å²) < 4.78 is 1.26. The van der Waals surface area contributed by atoms with Crippen LogP contribution in [0.2, 0.25) is 5.02 Å². The third-order valence-corrected chi connectivity index (χ3v) is 4.25. The van der Waals surface area contributed by atoms with Crippen molar-refractivity contribution in [2.24, 2.45) is 0 Å². The zero-order valence-electron chi connectivity index (χ0n) is 10.3. The van der Waals surface area contributed by atoms with Gasteiger partial charge < -0.3 is 10.1 Å². The first-order valence-corrected chi connectivity index (χ1v) is 7.80. The Bertz CT molecular complexity index is 925. The molecule has 0 radical (unpaired) electrons. The average molecular weight is 430 g/mol. The molecule has 0 unspecified atom stereocenters. The third kappa shape index (κ3) is 2.71. The molecule has 0 aliphatic heterocycles. The van der Waals surface area contributed by atoms with Crippen LogP contribution in [-0.2, 0) is 0 Å². The molecule has 3 rings (SSSR count).